The minimum absolute atomic E-state index is 0.0611. The molecule has 4 rings (SSSR count). The molecule has 14 heteroatoms. The van der Waals surface area contributed by atoms with Crippen LogP contribution >= 0.6 is 7.75 Å². The molecule has 0 radical (unpaired) electrons. The fourth-order valence-electron chi connectivity index (χ4n) is 4.67. The maximum atomic E-state index is 15.7. The Balaban J connectivity index is 1.53. The molecule has 0 aromatic heterocycles. The molecule has 1 amide bonds. The maximum absolute atomic E-state index is 15.7. The molecule has 0 spiro atoms. The van der Waals surface area contributed by atoms with E-state index < -0.39 is 74.7 Å². The standard InChI is InChI=1S/C32H36FN2O10P/c1-20(2)43-30(40)21(3)34-46(41,45-25-12-8-11-23(17-25)26(37)14-13-22-9-6-5-7-10-22)42-19-27-29(39)32(4,33)31(44-27)35-16-15-24(36)18-28(35)38/h5-17,20-21,27,29,31,39H,18-19H2,1-4H3,(H,34,41)/b14-13+/t21-,27+,29+,31+,32+,46?/m0/s1. The van der Waals surface area contributed by atoms with E-state index in [2.05, 4.69) is 5.09 Å². The average molecular weight is 659 g/mol. The van der Waals surface area contributed by atoms with E-state index in [-0.39, 0.29) is 17.1 Å². The lowest BCUT2D eigenvalue weighted by atomic mass is 9.97. The average Bonchev–Trinajstić information content (AvgIpc) is 3.22. The van der Waals surface area contributed by atoms with Gasteiger partial charge in [-0.05, 0) is 57.5 Å². The first-order valence-corrected chi connectivity index (χ1v) is 16.1. The number of hydrogen-bond donors (Lipinski definition) is 2. The first-order chi connectivity index (χ1) is 21.7. The van der Waals surface area contributed by atoms with Gasteiger partial charge < -0.3 is 19.1 Å². The molecule has 0 aliphatic carbocycles. The highest BCUT2D eigenvalue weighted by Crippen LogP contribution is 2.47. The van der Waals surface area contributed by atoms with Crippen LogP contribution in [0.5, 0.6) is 5.75 Å². The number of allylic oxidation sites excluding steroid dienone is 2. The highest BCUT2D eigenvalue weighted by atomic mass is 31.2. The van der Waals surface area contributed by atoms with Crippen LogP contribution in [0.25, 0.3) is 6.08 Å². The fourth-order valence-corrected chi connectivity index (χ4v) is 6.16. The molecule has 2 heterocycles. The van der Waals surface area contributed by atoms with Crippen molar-refractivity contribution < 1.29 is 51.8 Å². The summed E-state index contributed by atoms with van der Waals surface area (Å²) in [5, 5.41) is 13.2. The smallest absolute Gasteiger partial charge is 0.459 e. The van der Waals surface area contributed by atoms with Crippen LogP contribution in [0.1, 0.15) is 50.0 Å². The number of nitrogens with one attached hydrogen (secondary N) is 1. The van der Waals surface area contributed by atoms with E-state index in [1.54, 1.807) is 19.9 Å². The number of carbonyl (C=O) groups excluding carboxylic acids is 4. The second-order valence-electron chi connectivity index (χ2n) is 11.2. The molecular weight excluding hydrogens is 622 g/mol. The Morgan fingerprint density at radius 1 is 1.17 bits per heavy atom. The largest absolute Gasteiger partial charge is 0.462 e. The number of ketones is 2. The summed E-state index contributed by atoms with van der Waals surface area (Å²) in [6.07, 6.45) is -0.724. The van der Waals surface area contributed by atoms with Crippen LogP contribution in [-0.4, -0.2) is 76.3 Å². The molecule has 2 aromatic carbocycles. The van der Waals surface area contributed by atoms with Crippen LogP contribution in [0.3, 0.4) is 0 Å². The zero-order valence-corrected chi connectivity index (χ0v) is 26.6. The van der Waals surface area contributed by atoms with Crippen LogP contribution in [0, 0.1) is 0 Å². The predicted molar refractivity (Wildman–Crippen MR) is 164 cm³/mol. The molecule has 1 fully saturated rings. The Hall–Kier alpha value is -4.00. The summed E-state index contributed by atoms with van der Waals surface area (Å²) in [6, 6.07) is 13.7. The monoisotopic (exact) mass is 658 g/mol. The molecule has 2 aromatic rings. The lowest BCUT2D eigenvalue weighted by Crippen LogP contribution is -2.51. The van der Waals surface area contributed by atoms with Crippen LogP contribution < -0.4 is 9.61 Å². The number of aliphatic hydroxyl groups is 1. The number of amides is 1. The zero-order valence-electron chi connectivity index (χ0n) is 25.7. The van der Waals surface area contributed by atoms with Gasteiger partial charge in [0.05, 0.1) is 19.1 Å². The summed E-state index contributed by atoms with van der Waals surface area (Å²) in [7, 11) is -4.53. The van der Waals surface area contributed by atoms with E-state index in [9.17, 15) is 28.8 Å². The predicted octanol–water partition coefficient (Wildman–Crippen LogP) is 4.15. The normalized spacial score (nSPS) is 25.1. The summed E-state index contributed by atoms with van der Waals surface area (Å²) >= 11 is 0. The van der Waals surface area contributed by atoms with E-state index in [0.29, 0.717) is 0 Å². The Kier molecular flexibility index (Phi) is 11.1. The molecule has 2 aliphatic rings. The zero-order chi connectivity index (χ0) is 33.6. The maximum Gasteiger partial charge on any atom is 0.459 e. The quantitative estimate of drug-likeness (QED) is 0.105. The van der Waals surface area contributed by atoms with Gasteiger partial charge in [0.15, 0.2) is 23.5 Å². The lowest BCUT2D eigenvalue weighted by Gasteiger charge is -2.32. The fraction of sp³-hybridized carbons (Fsp3) is 0.375. The van der Waals surface area contributed by atoms with Gasteiger partial charge in [-0.1, -0.05) is 48.5 Å². The molecule has 0 bridgehead atoms. The SMILES string of the molecule is CC(C)OC(=O)[C@H](C)NP(=O)(OC[C@H]1O[C@@H](N2C=CC(=O)CC2=O)[C@](C)(F)[C@@H]1O)Oc1cccc(C(=O)/C=C/c2ccccc2)c1. The number of esters is 1. The van der Waals surface area contributed by atoms with E-state index >= 15 is 4.39 Å². The number of alkyl halides is 1. The molecule has 0 saturated carbocycles. The van der Waals surface area contributed by atoms with Crippen molar-refractivity contribution in [2.24, 2.45) is 0 Å². The lowest BCUT2D eigenvalue weighted by molar-refractivity contribution is -0.150. The van der Waals surface area contributed by atoms with Crippen molar-refractivity contribution in [2.75, 3.05) is 6.61 Å². The summed E-state index contributed by atoms with van der Waals surface area (Å²) < 4.78 is 51.9. The van der Waals surface area contributed by atoms with Gasteiger partial charge in [0.1, 0.15) is 24.0 Å². The van der Waals surface area contributed by atoms with Gasteiger partial charge in [-0.2, -0.15) is 5.09 Å². The molecule has 12 nitrogen and oxygen atoms in total. The van der Waals surface area contributed by atoms with Crippen LogP contribution in [0.4, 0.5) is 4.39 Å². The highest BCUT2D eigenvalue weighted by molar-refractivity contribution is 7.52. The summed E-state index contributed by atoms with van der Waals surface area (Å²) in [5.74, 6) is -2.39. The molecule has 6 atom stereocenters. The molecule has 1 saturated heterocycles. The second-order valence-corrected chi connectivity index (χ2v) is 12.9. The van der Waals surface area contributed by atoms with E-state index in [0.717, 1.165) is 29.7 Å². The number of benzene rings is 2. The van der Waals surface area contributed by atoms with E-state index in [4.69, 9.17) is 18.5 Å². The van der Waals surface area contributed by atoms with Crippen LogP contribution in [-0.2, 0) is 32.9 Å². The Labute approximate surface area is 265 Å². The van der Waals surface area contributed by atoms with Crippen molar-refractivity contribution in [1.29, 1.82) is 0 Å². The van der Waals surface area contributed by atoms with Crippen LogP contribution in [0.2, 0.25) is 0 Å². The number of rotatable bonds is 13. The molecule has 46 heavy (non-hydrogen) atoms. The van der Waals surface area contributed by atoms with Crippen LogP contribution in [0.15, 0.2) is 72.9 Å². The van der Waals surface area contributed by atoms with Crippen molar-refractivity contribution >= 4 is 37.3 Å². The molecule has 2 N–H and O–H groups in total. The van der Waals surface area contributed by atoms with E-state index in [1.807, 2.05) is 30.3 Å². The number of ether oxygens (including phenoxy) is 2. The summed E-state index contributed by atoms with van der Waals surface area (Å²) in [5.41, 5.74) is -1.50. The van der Waals surface area contributed by atoms with Gasteiger partial charge in [-0.3, -0.25) is 28.6 Å². The number of halogens is 1. The van der Waals surface area contributed by atoms with Gasteiger partial charge in [-0.15, -0.1) is 0 Å². The van der Waals surface area contributed by atoms with E-state index in [1.165, 1.54) is 37.3 Å². The van der Waals surface area contributed by atoms with Crippen molar-refractivity contribution in [2.45, 2.75) is 70.4 Å². The minimum Gasteiger partial charge on any atom is -0.462 e. The van der Waals surface area contributed by atoms with Crippen molar-refractivity contribution in [3.05, 3.63) is 84.1 Å². The first-order valence-electron chi connectivity index (χ1n) is 14.5. The minimum atomic E-state index is -4.53. The van der Waals surface area contributed by atoms with Gasteiger partial charge in [-0.25, -0.2) is 8.96 Å². The van der Waals surface area contributed by atoms with Crippen molar-refractivity contribution in [3.8, 4) is 5.75 Å². The summed E-state index contributed by atoms with van der Waals surface area (Å²) in [4.78, 5) is 50.3. The second kappa shape index (κ2) is 14.6. The number of aliphatic hydroxyl groups excluding tert-OH is 1. The third-order valence-corrected chi connectivity index (χ3v) is 8.68. The first kappa shape index (κ1) is 34.9. The van der Waals surface area contributed by atoms with Crippen molar-refractivity contribution in [3.63, 3.8) is 0 Å². The van der Waals surface area contributed by atoms with Gasteiger partial charge in [0, 0.05) is 11.8 Å². The van der Waals surface area contributed by atoms with Gasteiger partial charge in [0.2, 0.25) is 5.91 Å². The number of carbonyl (C=O) groups is 4. The molecule has 2 aliphatic heterocycles. The molecular formula is C32H36FN2O10P. The third-order valence-electron chi connectivity index (χ3n) is 7.04. The topological polar surface area (TPSA) is 158 Å². The Bertz CT molecular complexity index is 1560. The third kappa shape index (κ3) is 8.62. The van der Waals surface area contributed by atoms with Crippen molar-refractivity contribution in [1.82, 2.24) is 9.99 Å². The highest BCUT2D eigenvalue weighted by Gasteiger charge is 2.57. The molecule has 246 valence electrons. The number of nitrogens with zero attached hydrogens (tertiary/aromatic N) is 1. The Morgan fingerprint density at radius 3 is 2.57 bits per heavy atom. The van der Waals surface area contributed by atoms with Gasteiger partial charge >= 0.3 is 13.7 Å². The Morgan fingerprint density at radius 2 is 1.89 bits per heavy atom. The molecule has 1 unspecified atom stereocenters. The van der Waals surface area contributed by atoms with Gasteiger partial charge in [0.25, 0.3) is 0 Å². The number of hydrogen-bond acceptors (Lipinski definition) is 10. The summed E-state index contributed by atoms with van der Waals surface area (Å²) in [6.45, 7) is 4.94.